The zero-order valence-electron chi connectivity index (χ0n) is 18.1. The van der Waals surface area contributed by atoms with Crippen molar-refractivity contribution in [3.05, 3.63) is 70.5 Å². The van der Waals surface area contributed by atoms with Crippen LogP contribution in [0.2, 0.25) is 0 Å². The molecule has 0 bridgehead atoms. The molecule has 1 atom stereocenters. The fourth-order valence-corrected chi connectivity index (χ4v) is 4.37. The van der Waals surface area contributed by atoms with Crippen LogP contribution in [0.1, 0.15) is 59.2 Å². The molecule has 31 heavy (non-hydrogen) atoms. The van der Waals surface area contributed by atoms with E-state index in [1.54, 1.807) is 25.1 Å². The molecule has 2 aliphatic rings. The summed E-state index contributed by atoms with van der Waals surface area (Å²) < 4.78 is 13.6. The van der Waals surface area contributed by atoms with Gasteiger partial charge in [0.2, 0.25) is 5.91 Å². The van der Waals surface area contributed by atoms with Gasteiger partial charge in [-0.25, -0.2) is 4.39 Å². The van der Waals surface area contributed by atoms with Crippen LogP contribution in [0.3, 0.4) is 0 Å². The van der Waals surface area contributed by atoms with Gasteiger partial charge >= 0.3 is 18.9 Å². The Morgan fingerprint density at radius 3 is 2.48 bits per heavy atom. The van der Waals surface area contributed by atoms with Crippen LogP contribution in [-0.4, -0.2) is 29.4 Å². The number of nitrogens with zero attached hydrogens (tertiary/aromatic N) is 1. The summed E-state index contributed by atoms with van der Waals surface area (Å²) in [6.45, 7) is 3.20. The molecule has 1 amide bonds. The summed E-state index contributed by atoms with van der Waals surface area (Å²) >= 11 is 0. The molecule has 1 heterocycles. The maximum Gasteiger partial charge on any atom is 1.00 e. The maximum absolute atomic E-state index is 13.6. The first kappa shape index (κ1) is 23.5. The van der Waals surface area contributed by atoms with Crippen molar-refractivity contribution in [3.8, 4) is 0 Å². The maximum atomic E-state index is 13.6. The van der Waals surface area contributed by atoms with Gasteiger partial charge in [-0.1, -0.05) is 42.8 Å². The molecule has 1 aliphatic heterocycles. The molecule has 2 fully saturated rings. The van der Waals surface area contributed by atoms with Gasteiger partial charge in [-0.05, 0) is 67.5 Å². The molecule has 4 rings (SSSR count). The Morgan fingerprint density at radius 2 is 1.87 bits per heavy atom. The number of rotatable bonds is 6. The topological polar surface area (TPSA) is 72.5 Å². The van der Waals surface area contributed by atoms with Gasteiger partial charge in [0, 0.05) is 6.54 Å². The number of likely N-dealkylation sites (tertiary alicyclic amines) is 1. The third-order valence-corrected chi connectivity index (χ3v) is 6.31. The quantitative estimate of drug-likeness (QED) is 0.655. The predicted octanol–water partition coefficient (Wildman–Crippen LogP) is -0.338. The van der Waals surface area contributed by atoms with Crippen molar-refractivity contribution in [2.45, 2.75) is 57.2 Å². The normalized spacial score (nSPS) is 19.9. The Bertz CT molecular complexity index is 960. The van der Waals surface area contributed by atoms with Crippen LogP contribution >= 0.6 is 0 Å². The van der Waals surface area contributed by atoms with Crippen molar-refractivity contribution in [2.24, 2.45) is 0 Å². The van der Waals surface area contributed by atoms with Crippen molar-refractivity contribution in [1.29, 1.82) is 0 Å². The molecule has 2 aromatic carbocycles. The number of hydrogen-bond donors (Lipinski definition) is 1. The molecule has 0 radical (unpaired) electrons. The molecule has 0 unspecified atom stereocenters. The van der Waals surface area contributed by atoms with E-state index in [1.165, 1.54) is 18.2 Å². The number of benzene rings is 2. The molecule has 7 heteroatoms. The number of carboxylic acid groups (broad SMARTS) is 1. The molecule has 158 valence electrons. The summed E-state index contributed by atoms with van der Waals surface area (Å²) in [7, 11) is 0. The number of carboxylic acids is 1. The number of carbonyl (C=O) groups excluding carboxylic acids is 2. The molecular weight excluding hydrogens is 390 g/mol. The Balaban J connectivity index is 0.00000272. The molecule has 2 aromatic rings. The molecular formula is C24H26FLiN2O3. The molecule has 1 saturated carbocycles. The number of nitrogens with one attached hydrogen (secondary N) is 1. The van der Waals surface area contributed by atoms with Gasteiger partial charge in [0.25, 0.3) is 0 Å². The van der Waals surface area contributed by atoms with Crippen LogP contribution in [0, 0.1) is 12.7 Å². The smallest absolute Gasteiger partial charge is 0.545 e. The van der Waals surface area contributed by atoms with Crippen LogP contribution in [0.5, 0.6) is 0 Å². The third kappa shape index (κ3) is 5.20. The van der Waals surface area contributed by atoms with Gasteiger partial charge in [0.05, 0.1) is 17.6 Å². The van der Waals surface area contributed by atoms with Crippen molar-refractivity contribution in [2.75, 3.05) is 6.54 Å². The summed E-state index contributed by atoms with van der Waals surface area (Å²) in [5.74, 6) is -1.41. The van der Waals surface area contributed by atoms with Crippen molar-refractivity contribution in [3.63, 3.8) is 0 Å². The monoisotopic (exact) mass is 416 g/mol. The van der Waals surface area contributed by atoms with Gasteiger partial charge < -0.3 is 15.2 Å². The Kier molecular flexibility index (Phi) is 7.26. The SMILES string of the molecule is Cc1cc(CN2CCCC[C@@H]2C(=O)NC2(c3ccc(C(=O)[O-])cc3)CC2)ccc1F.[Li+]. The number of hydrogen-bond acceptors (Lipinski definition) is 4. The first-order valence-electron chi connectivity index (χ1n) is 10.5. The minimum atomic E-state index is -1.20. The first-order chi connectivity index (χ1) is 14.4. The van der Waals surface area contributed by atoms with E-state index in [1.807, 2.05) is 6.07 Å². The van der Waals surface area contributed by atoms with Crippen LogP contribution in [-0.2, 0) is 16.9 Å². The summed E-state index contributed by atoms with van der Waals surface area (Å²) in [6.07, 6.45) is 4.52. The van der Waals surface area contributed by atoms with Crippen molar-refractivity contribution in [1.82, 2.24) is 10.2 Å². The van der Waals surface area contributed by atoms with Crippen LogP contribution in [0.25, 0.3) is 0 Å². The van der Waals surface area contributed by atoms with Gasteiger partial charge in [0.1, 0.15) is 5.82 Å². The minimum Gasteiger partial charge on any atom is -0.545 e. The first-order valence-corrected chi connectivity index (χ1v) is 10.5. The molecule has 5 nitrogen and oxygen atoms in total. The fourth-order valence-electron chi connectivity index (χ4n) is 4.37. The molecule has 1 N–H and O–H groups in total. The van der Waals surface area contributed by atoms with E-state index < -0.39 is 11.5 Å². The molecule has 1 aliphatic carbocycles. The number of amides is 1. The molecule has 0 spiro atoms. The second kappa shape index (κ2) is 9.56. The van der Waals surface area contributed by atoms with Crippen molar-refractivity contribution >= 4 is 11.9 Å². The zero-order valence-corrected chi connectivity index (χ0v) is 18.1. The number of piperidine rings is 1. The summed E-state index contributed by atoms with van der Waals surface area (Å²) in [4.78, 5) is 26.4. The van der Waals surface area contributed by atoms with E-state index in [0.29, 0.717) is 12.1 Å². The van der Waals surface area contributed by atoms with E-state index in [-0.39, 0.29) is 42.2 Å². The number of carbonyl (C=O) groups is 2. The predicted molar refractivity (Wildman–Crippen MR) is 109 cm³/mol. The number of aryl methyl sites for hydroxylation is 1. The van der Waals surface area contributed by atoms with E-state index in [4.69, 9.17) is 0 Å². The van der Waals surface area contributed by atoms with Gasteiger partial charge in [-0.2, -0.15) is 0 Å². The van der Waals surface area contributed by atoms with Crippen molar-refractivity contribution < 1.29 is 37.9 Å². The van der Waals surface area contributed by atoms with Crippen LogP contribution < -0.4 is 29.3 Å². The Hall–Kier alpha value is -2.13. The Labute approximate surface area is 194 Å². The van der Waals surface area contributed by atoms with Crippen LogP contribution in [0.15, 0.2) is 42.5 Å². The molecule has 0 aromatic heterocycles. The van der Waals surface area contributed by atoms with Gasteiger partial charge in [-0.15, -0.1) is 0 Å². The zero-order chi connectivity index (χ0) is 21.3. The summed E-state index contributed by atoms with van der Waals surface area (Å²) in [6, 6.07) is 11.5. The number of aromatic carboxylic acids is 1. The average Bonchev–Trinajstić information content (AvgIpc) is 3.52. The second-order valence-corrected chi connectivity index (χ2v) is 8.50. The van der Waals surface area contributed by atoms with E-state index >= 15 is 0 Å². The largest absolute Gasteiger partial charge is 1.00 e. The minimum absolute atomic E-state index is 0. The fraction of sp³-hybridized carbons (Fsp3) is 0.417. The Morgan fingerprint density at radius 1 is 1.16 bits per heavy atom. The summed E-state index contributed by atoms with van der Waals surface area (Å²) in [5.41, 5.74) is 2.28. The second-order valence-electron chi connectivity index (χ2n) is 8.50. The van der Waals surface area contributed by atoms with E-state index in [2.05, 4.69) is 10.2 Å². The molecule has 1 saturated heterocycles. The van der Waals surface area contributed by atoms with Crippen LogP contribution in [0.4, 0.5) is 4.39 Å². The van der Waals surface area contributed by atoms with Gasteiger partial charge in [-0.3, -0.25) is 9.69 Å². The number of halogens is 1. The average molecular weight is 416 g/mol. The standard InChI is InChI=1S/C24H27FN2O3.Li/c1-16-14-17(5-10-20(16)25)15-27-13-3-2-4-21(27)22(28)26-24(11-12-24)19-8-6-18(7-9-19)23(29)30;/h5-10,14,21H,2-4,11-13,15H2,1H3,(H,26,28)(H,29,30);/q;+1/p-1/t21-;/m1./s1. The summed E-state index contributed by atoms with van der Waals surface area (Å²) in [5, 5.41) is 14.2. The van der Waals surface area contributed by atoms with E-state index in [0.717, 1.165) is 49.8 Å². The van der Waals surface area contributed by atoms with E-state index in [9.17, 15) is 19.1 Å². The third-order valence-electron chi connectivity index (χ3n) is 6.31. The van der Waals surface area contributed by atoms with Gasteiger partial charge in [0.15, 0.2) is 0 Å².